The maximum atomic E-state index is 11.7. The van der Waals surface area contributed by atoms with Gasteiger partial charge in [0.2, 0.25) is 0 Å². The molecule has 17 heavy (non-hydrogen) atoms. The van der Waals surface area contributed by atoms with E-state index in [9.17, 15) is 13.5 Å². The summed E-state index contributed by atoms with van der Waals surface area (Å²) in [7, 11) is -3.12. The molecular formula is C11H21NO4S. The lowest BCUT2D eigenvalue weighted by Gasteiger charge is -2.46. The van der Waals surface area contributed by atoms with E-state index >= 15 is 0 Å². The third-order valence-corrected chi connectivity index (χ3v) is 5.89. The molecule has 3 N–H and O–H groups in total. The van der Waals surface area contributed by atoms with Gasteiger partial charge in [-0.25, -0.2) is 8.42 Å². The molecule has 2 aliphatic heterocycles. The fraction of sp³-hybridized carbons (Fsp3) is 1.00. The van der Waals surface area contributed by atoms with E-state index in [2.05, 4.69) is 0 Å². The van der Waals surface area contributed by atoms with E-state index < -0.39 is 21.0 Å². The van der Waals surface area contributed by atoms with Gasteiger partial charge < -0.3 is 15.6 Å². The smallest absolute Gasteiger partial charge is 0.152 e. The van der Waals surface area contributed by atoms with Crippen molar-refractivity contribution in [1.29, 1.82) is 0 Å². The molecule has 2 atom stereocenters. The van der Waals surface area contributed by atoms with Crippen molar-refractivity contribution in [2.45, 2.75) is 43.2 Å². The topological polar surface area (TPSA) is 89.6 Å². The Bertz CT molecular complexity index is 373. The summed E-state index contributed by atoms with van der Waals surface area (Å²) in [5.74, 6) is 0.0923. The molecule has 0 bridgehead atoms. The maximum Gasteiger partial charge on any atom is 0.152 e. The SMILES string of the molecule is NC1(C2(O)CCCOCC2)CCCS(=O)(=O)C1. The minimum atomic E-state index is -3.12. The van der Waals surface area contributed by atoms with Crippen molar-refractivity contribution in [3.8, 4) is 0 Å². The second kappa shape index (κ2) is 4.50. The highest BCUT2D eigenvalue weighted by molar-refractivity contribution is 7.91. The average molecular weight is 263 g/mol. The Morgan fingerprint density at radius 1 is 1.12 bits per heavy atom. The average Bonchev–Trinajstić information content (AvgIpc) is 2.42. The van der Waals surface area contributed by atoms with Gasteiger partial charge in [-0.05, 0) is 25.7 Å². The summed E-state index contributed by atoms with van der Waals surface area (Å²) in [6.07, 6.45) is 2.80. The minimum absolute atomic E-state index is 0.101. The van der Waals surface area contributed by atoms with Gasteiger partial charge in [-0.15, -0.1) is 0 Å². The zero-order valence-electron chi connectivity index (χ0n) is 10.0. The molecule has 0 amide bonds. The van der Waals surface area contributed by atoms with Crippen LogP contribution in [0.5, 0.6) is 0 Å². The van der Waals surface area contributed by atoms with Gasteiger partial charge in [0.15, 0.2) is 9.84 Å². The van der Waals surface area contributed by atoms with Crippen LogP contribution in [0.25, 0.3) is 0 Å². The molecular weight excluding hydrogens is 242 g/mol. The van der Waals surface area contributed by atoms with Crippen LogP contribution < -0.4 is 5.73 Å². The van der Waals surface area contributed by atoms with Gasteiger partial charge in [-0.3, -0.25) is 0 Å². The predicted octanol–water partition coefficient (Wildman–Crippen LogP) is -0.176. The van der Waals surface area contributed by atoms with Crippen LogP contribution in [0.2, 0.25) is 0 Å². The molecule has 0 saturated carbocycles. The lowest BCUT2D eigenvalue weighted by molar-refractivity contribution is -0.0477. The van der Waals surface area contributed by atoms with E-state index in [-0.39, 0.29) is 11.5 Å². The molecule has 2 saturated heterocycles. The van der Waals surface area contributed by atoms with Crippen molar-refractivity contribution >= 4 is 9.84 Å². The van der Waals surface area contributed by atoms with Gasteiger partial charge in [0.1, 0.15) is 0 Å². The van der Waals surface area contributed by atoms with Gasteiger partial charge in [-0.1, -0.05) is 0 Å². The van der Waals surface area contributed by atoms with E-state index in [0.29, 0.717) is 38.9 Å². The van der Waals surface area contributed by atoms with Gasteiger partial charge in [0, 0.05) is 19.6 Å². The number of hydrogen-bond acceptors (Lipinski definition) is 5. The number of sulfone groups is 1. The lowest BCUT2D eigenvalue weighted by Crippen LogP contribution is -2.66. The molecule has 0 spiro atoms. The van der Waals surface area contributed by atoms with E-state index in [1.54, 1.807) is 0 Å². The molecule has 5 nitrogen and oxygen atoms in total. The summed E-state index contributed by atoms with van der Waals surface area (Å²) < 4.78 is 28.7. The number of hydrogen-bond donors (Lipinski definition) is 2. The second-order valence-electron chi connectivity index (χ2n) is 5.35. The van der Waals surface area contributed by atoms with Gasteiger partial charge in [0.25, 0.3) is 0 Å². The normalized spacial score (nSPS) is 42.9. The second-order valence-corrected chi connectivity index (χ2v) is 7.53. The number of aliphatic hydroxyl groups is 1. The van der Waals surface area contributed by atoms with E-state index in [1.165, 1.54) is 0 Å². The van der Waals surface area contributed by atoms with Crippen LogP contribution in [0.4, 0.5) is 0 Å². The van der Waals surface area contributed by atoms with E-state index in [0.717, 1.165) is 6.42 Å². The first kappa shape index (κ1) is 13.3. The zero-order valence-corrected chi connectivity index (χ0v) is 10.8. The van der Waals surface area contributed by atoms with Gasteiger partial charge >= 0.3 is 0 Å². The van der Waals surface area contributed by atoms with Crippen molar-refractivity contribution in [3.05, 3.63) is 0 Å². The summed E-state index contributed by atoms with van der Waals surface area (Å²) in [5.41, 5.74) is 4.13. The highest BCUT2D eigenvalue weighted by atomic mass is 32.2. The highest BCUT2D eigenvalue weighted by Crippen LogP contribution is 2.37. The Labute approximate surface area is 102 Å². The molecule has 0 aromatic carbocycles. The van der Waals surface area contributed by atoms with Gasteiger partial charge in [-0.2, -0.15) is 0 Å². The van der Waals surface area contributed by atoms with Crippen LogP contribution in [-0.4, -0.2) is 49.4 Å². The maximum absolute atomic E-state index is 11.7. The summed E-state index contributed by atoms with van der Waals surface area (Å²) >= 11 is 0. The van der Waals surface area contributed by atoms with Crippen molar-refractivity contribution in [2.75, 3.05) is 24.7 Å². The van der Waals surface area contributed by atoms with Crippen molar-refractivity contribution in [2.24, 2.45) is 5.73 Å². The largest absolute Gasteiger partial charge is 0.388 e. The zero-order chi connectivity index (χ0) is 12.6. The molecule has 2 fully saturated rings. The molecule has 0 radical (unpaired) electrons. The van der Waals surface area contributed by atoms with Crippen molar-refractivity contribution < 1.29 is 18.3 Å². The highest BCUT2D eigenvalue weighted by Gasteiger charge is 2.51. The van der Waals surface area contributed by atoms with Crippen molar-refractivity contribution in [3.63, 3.8) is 0 Å². The van der Waals surface area contributed by atoms with Gasteiger partial charge in [0.05, 0.1) is 22.6 Å². The summed E-state index contributed by atoms with van der Waals surface area (Å²) in [5, 5.41) is 10.7. The third kappa shape index (κ3) is 2.65. The fourth-order valence-corrected chi connectivity index (χ4v) is 4.87. The minimum Gasteiger partial charge on any atom is -0.388 e. The van der Waals surface area contributed by atoms with Crippen LogP contribution >= 0.6 is 0 Å². The predicted molar refractivity (Wildman–Crippen MR) is 64.4 cm³/mol. The molecule has 0 aromatic heterocycles. The Balaban J connectivity index is 2.23. The summed E-state index contributed by atoms with van der Waals surface area (Å²) in [6.45, 7) is 1.07. The molecule has 6 heteroatoms. The molecule has 2 aliphatic rings. The third-order valence-electron chi connectivity index (χ3n) is 4.02. The standard InChI is InChI=1S/C11H21NO4S/c12-10(3-2-8-17(14,15)9-10)11(13)4-1-6-16-7-5-11/h13H,1-9,12H2. The van der Waals surface area contributed by atoms with E-state index in [4.69, 9.17) is 10.5 Å². The van der Waals surface area contributed by atoms with Crippen LogP contribution in [0.3, 0.4) is 0 Å². The van der Waals surface area contributed by atoms with Crippen LogP contribution in [0, 0.1) is 0 Å². The van der Waals surface area contributed by atoms with Crippen molar-refractivity contribution in [1.82, 2.24) is 0 Å². The Kier molecular flexibility index (Phi) is 3.51. The molecule has 2 heterocycles. The molecule has 2 unspecified atom stereocenters. The number of rotatable bonds is 1. The van der Waals surface area contributed by atoms with Crippen LogP contribution in [0.15, 0.2) is 0 Å². The quantitative estimate of drug-likeness (QED) is 0.685. The first-order valence-electron chi connectivity index (χ1n) is 6.16. The summed E-state index contributed by atoms with van der Waals surface area (Å²) in [6, 6.07) is 0. The Morgan fingerprint density at radius 3 is 2.59 bits per heavy atom. The fourth-order valence-electron chi connectivity index (χ4n) is 2.94. The first-order valence-corrected chi connectivity index (χ1v) is 7.99. The monoisotopic (exact) mass is 263 g/mol. The first-order chi connectivity index (χ1) is 7.87. The lowest BCUT2D eigenvalue weighted by atomic mass is 9.74. The number of nitrogens with two attached hydrogens (primary N) is 1. The molecule has 100 valence electrons. The van der Waals surface area contributed by atoms with E-state index in [1.807, 2.05) is 0 Å². The molecule has 0 aliphatic carbocycles. The molecule has 2 rings (SSSR count). The number of ether oxygens (including phenoxy) is 1. The summed E-state index contributed by atoms with van der Waals surface area (Å²) in [4.78, 5) is 0. The Morgan fingerprint density at radius 2 is 1.88 bits per heavy atom. The van der Waals surface area contributed by atoms with Crippen LogP contribution in [0.1, 0.15) is 32.1 Å². The Hall–Kier alpha value is -0.170. The molecule has 0 aromatic rings. The van der Waals surface area contributed by atoms with Crippen LogP contribution in [-0.2, 0) is 14.6 Å².